The van der Waals surface area contributed by atoms with Gasteiger partial charge >= 0.3 is 11.8 Å². The first-order chi connectivity index (χ1) is 9.15. The Morgan fingerprint density at radius 3 is 2.32 bits per heavy atom. The zero-order valence-corrected chi connectivity index (χ0v) is 10.3. The zero-order chi connectivity index (χ0) is 13.7. The van der Waals surface area contributed by atoms with E-state index in [1.807, 2.05) is 0 Å². The number of carbonyl (C=O) groups is 2. The Hall–Kier alpha value is -2.24. The number of hydrogen-bond acceptors (Lipinski definition) is 3. The van der Waals surface area contributed by atoms with E-state index in [0.29, 0.717) is 5.69 Å². The average Bonchev–Trinajstić information content (AvgIpc) is 2.91. The lowest BCUT2D eigenvalue weighted by Crippen LogP contribution is -2.32. The highest BCUT2D eigenvalue weighted by molar-refractivity contribution is 6.39. The highest BCUT2D eigenvalue weighted by Crippen LogP contribution is 2.13. The molecule has 5 nitrogen and oxygen atoms in total. The van der Waals surface area contributed by atoms with Gasteiger partial charge in [0.1, 0.15) is 5.82 Å². The second-order valence-corrected chi connectivity index (χ2v) is 4.29. The van der Waals surface area contributed by atoms with E-state index in [-0.39, 0.29) is 0 Å². The third-order valence-electron chi connectivity index (χ3n) is 2.80. The summed E-state index contributed by atoms with van der Waals surface area (Å²) in [4.78, 5) is 23.0. The maximum atomic E-state index is 12.7. The molecule has 0 bridgehead atoms. The zero-order valence-electron chi connectivity index (χ0n) is 10.3. The van der Waals surface area contributed by atoms with E-state index in [4.69, 9.17) is 0 Å². The third kappa shape index (κ3) is 3.87. The van der Waals surface area contributed by atoms with Crippen LogP contribution in [0.3, 0.4) is 0 Å². The van der Waals surface area contributed by atoms with Gasteiger partial charge in [-0.2, -0.15) is 5.10 Å². The van der Waals surface area contributed by atoms with Crippen LogP contribution < -0.4 is 10.7 Å². The van der Waals surface area contributed by atoms with Crippen molar-refractivity contribution >= 4 is 23.2 Å². The SMILES string of the molecule is O=C(NN=C1CCCC1)C(=O)Nc1ccc(F)cc1. The number of nitrogens with one attached hydrogen (secondary N) is 2. The van der Waals surface area contributed by atoms with Crippen molar-refractivity contribution in [2.45, 2.75) is 25.7 Å². The molecule has 1 aliphatic rings. The van der Waals surface area contributed by atoms with Gasteiger partial charge in [0.2, 0.25) is 0 Å². The van der Waals surface area contributed by atoms with E-state index in [0.717, 1.165) is 31.4 Å². The second kappa shape index (κ2) is 6.08. The number of hydrogen-bond donors (Lipinski definition) is 2. The number of carbonyl (C=O) groups excluding carboxylic acids is 2. The van der Waals surface area contributed by atoms with Gasteiger partial charge in [0, 0.05) is 11.4 Å². The van der Waals surface area contributed by atoms with Crippen LogP contribution in [0.1, 0.15) is 25.7 Å². The van der Waals surface area contributed by atoms with Gasteiger partial charge < -0.3 is 5.32 Å². The van der Waals surface area contributed by atoms with Crippen LogP contribution in [-0.4, -0.2) is 17.5 Å². The van der Waals surface area contributed by atoms with Crippen molar-refractivity contribution in [3.8, 4) is 0 Å². The minimum atomic E-state index is -0.830. The minimum Gasteiger partial charge on any atom is -0.318 e. The van der Waals surface area contributed by atoms with E-state index in [2.05, 4.69) is 15.8 Å². The largest absolute Gasteiger partial charge is 0.329 e. The molecule has 0 heterocycles. The molecule has 2 N–H and O–H groups in total. The fourth-order valence-electron chi connectivity index (χ4n) is 1.80. The monoisotopic (exact) mass is 263 g/mol. The molecule has 0 spiro atoms. The lowest BCUT2D eigenvalue weighted by molar-refractivity contribution is -0.136. The summed E-state index contributed by atoms with van der Waals surface area (Å²) in [6, 6.07) is 5.16. The molecule has 0 saturated heterocycles. The van der Waals surface area contributed by atoms with E-state index in [1.165, 1.54) is 24.3 Å². The van der Waals surface area contributed by atoms with E-state index in [9.17, 15) is 14.0 Å². The standard InChI is InChI=1S/C13H14FN3O2/c14-9-5-7-10(8-6-9)15-12(18)13(19)17-16-11-3-1-2-4-11/h5-8H,1-4H2,(H,15,18)(H,17,19). The van der Waals surface area contributed by atoms with Gasteiger partial charge in [-0.15, -0.1) is 0 Å². The molecule has 19 heavy (non-hydrogen) atoms. The van der Waals surface area contributed by atoms with Crippen LogP contribution in [0.4, 0.5) is 10.1 Å². The van der Waals surface area contributed by atoms with Gasteiger partial charge in [-0.3, -0.25) is 9.59 Å². The first-order valence-electron chi connectivity index (χ1n) is 6.07. The van der Waals surface area contributed by atoms with Crippen molar-refractivity contribution in [1.82, 2.24) is 5.43 Å². The number of benzene rings is 1. The van der Waals surface area contributed by atoms with Gasteiger partial charge in [0.25, 0.3) is 0 Å². The number of nitrogens with zero attached hydrogens (tertiary/aromatic N) is 1. The molecule has 0 atom stereocenters. The molecule has 0 radical (unpaired) electrons. The highest BCUT2D eigenvalue weighted by Gasteiger charge is 2.14. The molecule has 6 heteroatoms. The summed E-state index contributed by atoms with van der Waals surface area (Å²) in [5.41, 5.74) is 3.48. The van der Waals surface area contributed by atoms with Gasteiger partial charge in [-0.1, -0.05) is 0 Å². The summed E-state index contributed by atoms with van der Waals surface area (Å²) in [7, 11) is 0. The number of rotatable bonds is 2. The molecule has 2 rings (SSSR count). The summed E-state index contributed by atoms with van der Waals surface area (Å²) < 4.78 is 12.7. The summed E-state index contributed by atoms with van der Waals surface area (Å²) in [6.45, 7) is 0. The summed E-state index contributed by atoms with van der Waals surface area (Å²) in [5, 5.41) is 6.25. The van der Waals surface area contributed by atoms with Gasteiger partial charge in [-0.05, 0) is 49.9 Å². The first kappa shape index (κ1) is 13.2. The van der Waals surface area contributed by atoms with Gasteiger partial charge in [0.15, 0.2) is 0 Å². The molecule has 100 valence electrons. The fourth-order valence-corrected chi connectivity index (χ4v) is 1.80. The molecule has 1 fully saturated rings. The van der Waals surface area contributed by atoms with Crippen molar-refractivity contribution < 1.29 is 14.0 Å². The van der Waals surface area contributed by atoms with Gasteiger partial charge in [0.05, 0.1) is 0 Å². The van der Waals surface area contributed by atoms with Crippen molar-refractivity contribution in [3.63, 3.8) is 0 Å². The van der Waals surface area contributed by atoms with Crippen molar-refractivity contribution in [2.75, 3.05) is 5.32 Å². The molecular formula is C13H14FN3O2. The van der Waals surface area contributed by atoms with Crippen LogP contribution in [0.2, 0.25) is 0 Å². The Bertz CT molecular complexity index is 503. The summed E-state index contributed by atoms with van der Waals surface area (Å²) in [6.07, 6.45) is 3.85. The van der Waals surface area contributed by atoms with Crippen molar-refractivity contribution in [3.05, 3.63) is 30.1 Å². The topological polar surface area (TPSA) is 70.6 Å². The third-order valence-corrected chi connectivity index (χ3v) is 2.80. The highest BCUT2D eigenvalue weighted by atomic mass is 19.1. The van der Waals surface area contributed by atoms with Crippen LogP contribution in [0, 0.1) is 5.82 Å². The van der Waals surface area contributed by atoms with Gasteiger partial charge in [-0.25, -0.2) is 9.82 Å². The average molecular weight is 263 g/mol. The Labute approximate surface area is 109 Å². The molecule has 0 aromatic heterocycles. The maximum absolute atomic E-state index is 12.7. The van der Waals surface area contributed by atoms with Crippen LogP contribution in [0.5, 0.6) is 0 Å². The predicted octanol–water partition coefficient (Wildman–Crippen LogP) is 1.81. The molecule has 1 aromatic carbocycles. The lowest BCUT2D eigenvalue weighted by Gasteiger charge is -2.04. The number of halogens is 1. The van der Waals surface area contributed by atoms with Crippen LogP contribution in [0.15, 0.2) is 29.4 Å². The summed E-state index contributed by atoms with van der Waals surface area (Å²) in [5.74, 6) is -2.06. The molecule has 1 aromatic rings. The second-order valence-electron chi connectivity index (χ2n) is 4.29. The van der Waals surface area contributed by atoms with E-state index < -0.39 is 17.6 Å². The summed E-state index contributed by atoms with van der Waals surface area (Å²) >= 11 is 0. The van der Waals surface area contributed by atoms with Crippen LogP contribution in [0.25, 0.3) is 0 Å². The van der Waals surface area contributed by atoms with E-state index in [1.54, 1.807) is 0 Å². The lowest BCUT2D eigenvalue weighted by atomic mass is 10.3. The minimum absolute atomic E-state index is 0.357. The number of anilines is 1. The quantitative estimate of drug-likeness (QED) is 0.631. The van der Waals surface area contributed by atoms with Crippen molar-refractivity contribution in [1.29, 1.82) is 0 Å². The molecule has 0 unspecified atom stereocenters. The maximum Gasteiger partial charge on any atom is 0.329 e. The molecule has 1 aliphatic carbocycles. The Morgan fingerprint density at radius 2 is 1.68 bits per heavy atom. The molecule has 0 aliphatic heterocycles. The predicted molar refractivity (Wildman–Crippen MR) is 69.1 cm³/mol. The number of hydrazone groups is 1. The molecule has 1 saturated carbocycles. The smallest absolute Gasteiger partial charge is 0.318 e. The van der Waals surface area contributed by atoms with Crippen LogP contribution >= 0.6 is 0 Å². The Balaban J connectivity index is 1.87. The Kier molecular flexibility index (Phi) is 4.22. The van der Waals surface area contributed by atoms with Crippen LogP contribution in [-0.2, 0) is 9.59 Å². The normalized spacial score (nSPS) is 14.1. The Morgan fingerprint density at radius 1 is 1.05 bits per heavy atom. The number of amides is 2. The van der Waals surface area contributed by atoms with E-state index >= 15 is 0 Å². The fraction of sp³-hybridized carbons (Fsp3) is 0.308. The molecule has 2 amide bonds. The van der Waals surface area contributed by atoms with Crippen molar-refractivity contribution in [2.24, 2.45) is 5.10 Å². The first-order valence-corrected chi connectivity index (χ1v) is 6.07. The molecular weight excluding hydrogens is 249 g/mol.